The van der Waals surface area contributed by atoms with Crippen LogP contribution in [0.5, 0.6) is 0 Å². The summed E-state index contributed by atoms with van der Waals surface area (Å²) in [5, 5.41) is 0. The van der Waals surface area contributed by atoms with Crippen molar-refractivity contribution >= 4 is 0 Å². The van der Waals surface area contributed by atoms with Crippen LogP contribution in [-0.4, -0.2) is 9.97 Å². The minimum Gasteiger partial charge on any atom is -0.261 e. The lowest BCUT2D eigenvalue weighted by Crippen LogP contribution is -2.20. The van der Waals surface area contributed by atoms with Gasteiger partial charge < -0.3 is 0 Å². The van der Waals surface area contributed by atoms with Gasteiger partial charge in [0.15, 0.2) is 0 Å². The minimum absolute atomic E-state index is 0.0701. The molecule has 0 spiro atoms. The average Bonchev–Trinajstić information content (AvgIpc) is 2.46. The number of nitrogens with zero attached hydrogens (tertiary/aromatic N) is 2. The van der Waals surface area contributed by atoms with Crippen molar-refractivity contribution in [1.82, 2.24) is 9.97 Å². The summed E-state index contributed by atoms with van der Waals surface area (Å²) in [7, 11) is 0. The molecule has 2 heterocycles. The molecule has 0 atom stereocenters. The van der Waals surface area contributed by atoms with Crippen molar-refractivity contribution in [2.75, 3.05) is 0 Å². The smallest absolute Gasteiger partial charge is 0.0460 e. The van der Waals surface area contributed by atoms with Crippen molar-refractivity contribution < 1.29 is 0 Å². The molecule has 0 radical (unpaired) electrons. The first-order chi connectivity index (χ1) is 9.79. The van der Waals surface area contributed by atoms with Gasteiger partial charge in [0.25, 0.3) is 0 Å². The maximum absolute atomic E-state index is 4.82. The van der Waals surface area contributed by atoms with Gasteiger partial charge in [-0.15, -0.1) is 0 Å². The Kier molecular flexibility index (Phi) is 4.46. The van der Waals surface area contributed by atoms with Crippen LogP contribution in [0.1, 0.15) is 58.1 Å². The van der Waals surface area contributed by atoms with Crippen molar-refractivity contribution in [3.8, 4) is 0 Å². The fraction of sp³-hybridized carbons (Fsp3) is 0.474. The van der Waals surface area contributed by atoms with Gasteiger partial charge in [-0.05, 0) is 37.1 Å². The Morgan fingerprint density at radius 2 is 1.57 bits per heavy atom. The van der Waals surface area contributed by atoms with Gasteiger partial charge in [-0.1, -0.05) is 46.8 Å². The highest BCUT2D eigenvalue weighted by molar-refractivity contribution is 5.19. The number of hydrogen-bond donors (Lipinski definition) is 0. The van der Waals surface area contributed by atoms with Crippen LogP contribution in [0.15, 0.2) is 42.6 Å². The molecule has 0 unspecified atom stereocenters. The van der Waals surface area contributed by atoms with Gasteiger partial charge in [-0.3, -0.25) is 9.97 Å². The largest absolute Gasteiger partial charge is 0.261 e. The minimum atomic E-state index is 0.0701. The third kappa shape index (κ3) is 4.13. The third-order valence-electron chi connectivity index (χ3n) is 3.94. The number of rotatable bonds is 4. The van der Waals surface area contributed by atoms with E-state index in [9.17, 15) is 0 Å². The van der Waals surface area contributed by atoms with Crippen LogP contribution in [0.3, 0.4) is 0 Å². The van der Waals surface area contributed by atoms with E-state index < -0.39 is 0 Å². The van der Waals surface area contributed by atoms with E-state index in [4.69, 9.17) is 4.98 Å². The van der Waals surface area contributed by atoms with Crippen molar-refractivity contribution in [3.05, 3.63) is 59.7 Å². The Morgan fingerprint density at radius 1 is 0.857 bits per heavy atom. The van der Waals surface area contributed by atoms with E-state index >= 15 is 0 Å². The Hall–Kier alpha value is -1.70. The zero-order valence-electron chi connectivity index (χ0n) is 13.9. The lowest BCUT2D eigenvalue weighted by Gasteiger charge is -2.24. The molecule has 0 bridgehead atoms. The van der Waals surface area contributed by atoms with Crippen molar-refractivity contribution in [2.45, 2.75) is 58.3 Å². The molecule has 2 rings (SSSR count). The van der Waals surface area contributed by atoms with Gasteiger partial charge in [0.05, 0.1) is 0 Å². The van der Waals surface area contributed by atoms with Crippen molar-refractivity contribution in [2.24, 2.45) is 0 Å². The molecule has 21 heavy (non-hydrogen) atoms. The summed E-state index contributed by atoms with van der Waals surface area (Å²) in [6, 6.07) is 12.5. The fourth-order valence-electron chi connectivity index (χ4n) is 2.37. The van der Waals surface area contributed by atoms with Gasteiger partial charge >= 0.3 is 0 Å². The topological polar surface area (TPSA) is 25.8 Å². The maximum atomic E-state index is 4.82. The van der Waals surface area contributed by atoms with Crippen LogP contribution in [0.25, 0.3) is 0 Å². The lowest BCUT2D eigenvalue weighted by molar-refractivity contribution is 0.461. The molecular weight excluding hydrogens is 256 g/mol. The highest BCUT2D eigenvalue weighted by Gasteiger charge is 2.22. The van der Waals surface area contributed by atoms with E-state index in [-0.39, 0.29) is 10.8 Å². The molecular formula is C19H26N2. The Bertz CT molecular complexity index is 580. The molecule has 2 nitrogen and oxygen atoms in total. The molecule has 0 N–H and O–H groups in total. The molecule has 0 amide bonds. The van der Waals surface area contributed by atoms with Crippen LogP contribution < -0.4 is 0 Å². The first-order valence-corrected chi connectivity index (χ1v) is 7.67. The SMILES string of the molecule is CC(C)(C)c1cccc(CCC(C)(C)c2ccccn2)n1. The van der Waals surface area contributed by atoms with Crippen LogP contribution in [0, 0.1) is 0 Å². The third-order valence-corrected chi connectivity index (χ3v) is 3.94. The number of aryl methyl sites for hydroxylation is 1. The van der Waals surface area contributed by atoms with Crippen LogP contribution in [0.4, 0.5) is 0 Å². The van der Waals surface area contributed by atoms with E-state index in [1.165, 1.54) is 5.69 Å². The first-order valence-electron chi connectivity index (χ1n) is 7.67. The second-order valence-electron chi connectivity index (χ2n) is 7.36. The van der Waals surface area contributed by atoms with E-state index in [2.05, 4.69) is 69.9 Å². The molecule has 0 fully saturated rings. The summed E-state index contributed by atoms with van der Waals surface area (Å²) >= 11 is 0. The number of pyridine rings is 2. The standard InChI is InChI=1S/C19H26N2/c1-18(2,3)16-11-8-9-15(21-16)12-13-19(4,5)17-10-6-7-14-20-17/h6-11,14H,12-13H2,1-5H3. The molecule has 0 saturated heterocycles. The van der Waals surface area contributed by atoms with Crippen molar-refractivity contribution in [3.63, 3.8) is 0 Å². The fourth-order valence-corrected chi connectivity index (χ4v) is 2.37. The molecule has 0 aromatic carbocycles. The van der Waals surface area contributed by atoms with E-state index in [1.807, 2.05) is 12.3 Å². The molecule has 2 heteroatoms. The summed E-state index contributed by atoms with van der Waals surface area (Å²) in [5.41, 5.74) is 3.66. The van der Waals surface area contributed by atoms with E-state index in [0.29, 0.717) is 0 Å². The summed E-state index contributed by atoms with van der Waals surface area (Å²) < 4.78 is 0. The molecule has 2 aromatic rings. The summed E-state index contributed by atoms with van der Waals surface area (Å²) in [6.07, 6.45) is 3.90. The average molecular weight is 282 g/mol. The second-order valence-corrected chi connectivity index (χ2v) is 7.36. The lowest BCUT2D eigenvalue weighted by atomic mass is 9.83. The van der Waals surface area contributed by atoms with Crippen molar-refractivity contribution in [1.29, 1.82) is 0 Å². The Morgan fingerprint density at radius 3 is 2.19 bits per heavy atom. The quantitative estimate of drug-likeness (QED) is 0.813. The monoisotopic (exact) mass is 282 g/mol. The highest BCUT2D eigenvalue weighted by Crippen LogP contribution is 2.27. The first kappa shape index (κ1) is 15.7. The van der Waals surface area contributed by atoms with Gasteiger partial charge in [0.1, 0.15) is 0 Å². The summed E-state index contributed by atoms with van der Waals surface area (Å²) in [6.45, 7) is 11.1. The zero-order chi connectivity index (χ0) is 15.5. The number of hydrogen-bond acceptors (Lipinski definition) is 2. The molecule has 2 aromatic heterocycles. The van der Waals surface area contributed by atoms with Gasteiger partial charge in [0, 0.05) is 34.1 Å². The number of aromatic nitrogens is 2. The van der Waals surface area contributed by atoms with Gasteiger partial charge in [-0.25, -0.2) is 0 Å². The molecule has 0 aliphatic rings. The summed E-state index contributed by atoms with van der Waals surface area (Å²) in [4.78, 5) is 9.32. The second kappa shape index (κ2) is 5.97. The van der Waals surface area contributed by atoms with E-state index in [0.717, 1.165) is 24.2 Å². The summed E-state index contributed by atoms with van der Waals surface area (Å²) in [5.74, 6) is 0. The predicted octanol–water partition coefficient (Wildman–Crippen LogP) is 4.68. The van der Waals surface area contributed by atoms with Crippen LogP contribution in [0.2, 0.25) is 0 Å². The zero-order valence-corrected chi connectivity index (χ0v) is 13.9. The van der Waals surface area contributed by atoms with Gasteiger partial charge in [-0.2, -0.15) is 0 Å². The maximum Gasteiger partial charge on any atom is 0.0460 e. The van der Waals surface area contributed by atoms with Gasteiger partial charge in [0.2, 0.25) is 0 Å². The van der Waals surface area contributed by atoms with E-state index in [1.54, 1.807) is 0 Å². The Labute approximate surface area is 128 Å². The molecule has 0 saturated carbocycles. The molecule has 0 aliphatic heterocycles. The van der Waals surface area contributed by atoms with Crippen LogP contribution in [-0.2, 0) is 17.3 Å². The normalized spacial score (nSPS) is 12.4. The Balaban J connectivity index is 2.10. The predicted molar refractivity (Wildman–Crippen MR) is 88.5 cm³/mol. The van der Waals surface area contributed by atoms with Crippen LogP contribution >= 0.6 is 0 Å². The molecule has 112 valence electrons. The highest BCUT2D eigenvalue weighted by atomic mass is 14.7. The molecule has 0 aliphatic carbocycles.